The third-order valence-corrected chi connectivity index (χ3v) is 6.74. The molecule has 1 N–H and O–H groups in total. The molecule has 0 unspecified atom stereocenters. The second-order valence-electron chi connectivity index (χ2n) is 8.63. The number of anilines is 1. The Hall–Kier alpha value is -4.04. The Morgan fingerprint density at radius 1 is 0.778 bits per heavy atom. The molecular formula is C28H29N5O2S. The summed E-state index contributed by atoms with van der Waals surface area (Å²) >= 11 is 0. The van der Waals surface area contributed by atoms with Gasteiger partial charge in [-0.25, -0.2) is 9.97 Å². The molecule has 0 amide bonds. The Morgan fingerprint density at radius 3 is 1.78 bits per heavy atom. The van der Waals surface area contributed by atoms with Crippen LogP contribution in [0.3, 0.4) is 0 Å². The lowest BCUT2D eigenvalue weighted by atomic mass is 10.2. The standard InChI is InChI=1S/C28H29N5O2S/c1-21-14-16-26(17-15-21)36(34,35)32-28(31-27-29-22(2)18-23(3)30-27)33(19-24-10-6-4-7-11-24)20-25-12-8-5-9-13-25/h4-18H,19-20H2,1-3H3,(H,29,30,31,32). The third kappa shape index (κ3) is 6.76. The molecule has 4 aromatic rings. The van der Waals surface area contributed by atoms with E-state index in [1.807, 2.05) is 92.4 Å². The van der Waals surface area contributed by atoms with Crippen molar-refractivity contribution >= 4 is 21.9 Å². The highest BCUT2D eigenvalue weighted by Gasteiger charge is 2.21. The molecule has 0 aliphatic rings. The lowest BCUT2D eigenvalue weighted by Crippen LogP contribution is -2.37. The van der Waals surface area contributed by atoms with Crippen molar-refractivity contribution < 1.29 is 8.42 Å². The van der Waals surface area contributed by atoms with Crippen LogP contribution in [0.25, 0.3) is 0 Å². The summed E-state index contributed by atoms with van der Waals surface area (Å²) in [6, 6.07) is 28.2. The van der Waals surface area contributed by atoms with Gasteiger partial charge in [0, 0.05) is 24.5 Å². The van der Waals surface area contributed by atoms with Gasteiger partial charge >= 0.3 is 0 Å². The van der Waals surface area contributed by atoms with Crippen molar-refractivity contribution in [3.8, 4) is 0 Å². The van der Waals surface area contributed by atoms with Crippen molar-refractivity contribution in [1.29, 1.82) is 0 Å². The number of nitrogens with one attached hydrogen (secondary N) is 1. The van der Waals surface area contributed by atoms with Crippen LogP contribution in [-0.4, -0.2) is 29.2 Å². The van der Waals surface area contributed by atoms with Crippen LogP contribution in [0.2, 0.25) is 0 Å². The average Bonchev–Trinajstić information content (AvgIpc) is 2.84. The molecular weight excluding hydrogens is 470 g/mol. The number of sulfonamides is 1. The molecule has 0 aliphatic heterocycles. The Bertz CT molecular complexity index is 1380. The van der Waals surface area contributed by atoms with Gasteiger partial charge in [-0.15, -0.1) is 4.40 Å². The van der Waals surface area contributed by atoms with E-state index < -0.39 is 10.0 Å². The number of hydrogen-bond acceptors (Lipinski definition) is 4. The van der Waals surface area contributed by atoms with Gasteiger partial charge in [-0.3, -0.25) is 5.32 Å². The van der Waals surface area contributed by atoms with Crippen molar-refractivity contribution in [1.82, 2.24) is 14.9 Å². The Balaban J connectivity index is 1.81. The fourth-order valence-electron chi connectivity index (χ4n) is 3.73. The maximum atomic E-state index is 13.4. The Kier molecular flexibility index (Phi) is 7.75. The molecule has 0 aliphatic carbocycles. The van der Waals surface area contributed by atoms with E-state index in [1.54, 1.807) is 24.3 Å². The maximum Gasteiger partial charge on any atom is 0.285 e. The van der Waals surface area contributed by atoms with Crippen molar-refractivity contribution in [3.63, 3.8) is 0 Å². The predicted octanol–water partition coefficient (Wildman–Crippen LogP) is 5.26. The van der Waals surface area contributed by atoms with Crippen LogP contribution in [-0.2, 0) is 23.1 Å². The summed E-state index contributed by atoms with van der Waals surface area (Å²) in [5.41, 5.74) is 4.52. The molecule has 0 saturated heterocycles. The Labute approximate surface area is 212 Å². The molecule has 7 nitrogen and oxygen atoms in total. The van der Waals surface area contributed by atoms with E-state index >= 15 is 0 Å². The lowest BCUT2D eigenvalue weighted by molar-refractivity contribution is 0.405. The maximum absolute atomic E-state index is 13.4. The van der Waals surface area contributed by atoms with Gasteiger partial charge in [0.2, 0.25) is 11.9 Å². The number of aromatic nitrogens is 2. The molecule has 0 atom stereocenters. The molecule has 8 heteroatoms. The van der Waals surface area contributed by atoms with Crippen LogP contribution in [0, 0.1) is 20.8 Å². The van der Waals surface area contributed by atoms with Crippen LogP contribution in [0.15, 0.2) is 100 Å². The van der Waals surface area contributed by atoms with E-state index in [2.05, 4.69) is 19.7 Å². The summed E-state index contributed by atoms with van der Waals surface area (Å²) < 4.78 is 31.1. The molecule has 3 aromatic carbocycles. The average molecular weight is 500 g/mol. The van der Waals surface area contributed by atoms with Gasteiger partial charge in [-0.2, -0.15) is 8.42 Å². The second-order valence-corrected chi connectivity index (χ2v) is 10.2. The zero-order chi connectivity index (χ0) is 25.5. The van der Waals surface area contributed by atoms with Crippen LogP contribution < -0.4 is 5.32 Å². The van der Waals surface area contributed by atoms with Gasteiger partial charge in [0.25, 0.3) is 10.0 Å². The first-order chi connectivity index (χ1) is 17.3. The summed E-state index contributed by atoms with van der Waals surface area (Å²) in [6.45, 7) is 6.49. The molecule has 36 heavy (non-hydrogen) atoms. The van der Waals surface area contributed by atoms with Gasteiger partial charge in [0.1, 0.15) is 0 Å². The van der Waals surface area contributed by atoms with Gasteiger partial charge in [0.05, 0.1) is 4.90 Å². The topological polar surface area (TPSA) is 87.5 Å². The van der Waals surface area contributed by atoms with E-state index in [9.17, 15) is 8.42 Å². The van der Waals surface area contributed by atoms with E-state index in [-0.39, 0.29) is 16.8 Å². The number of aryl methyl sites for hydroxylation is 3. The van der Waals surface area contributed by atoms with Gasteiger partial charge in [-0.1, -0.05) is 78.4 Å². The van der Waals surface area contributed by atoms with Crippen molar-refractivity contribution in [3.05, 3.63) is 119 Å². The minimum atomic E-state index is -4.02. The number of nitrogens with zero attached hydrogens (tertiary/aromatic N) is 4. The normalized spacial score (nSPS) is 11.8. The SMILES string of the molecule is Cc1ccc(S(=O)(=O)N=C(Nc2nc(C)cc(C)n2)N(Cc2ccccc2)Cc2ccccc2)cc1. The number of guanidine groups is 1. The Morgan fingerprint density at radius 2 is 1.28 bits per heavy atom. The van der Waals surface area contributed by atoms with E-state index in [0.717, 1.165) is 28.1 Å². The highest BCUT2D eigenvalue weighted by molar-refractivity contribution is 7.90. The molecule has 0 radical (unpaired) electrons. The summed E-state index contributed by atoms with van der Waals surface area (Å²) in [6.07, 6.45) is 0. The summed E-state index contributed by atoms with van der Waals surface area (Å²) in [5.74, 6) is 0.435. The first-order valence-corrected chi connectivity index (χ1v) is 13.1. The largest absolute Gasteiger partial charge is 0.333 e. The summed E-state index contributed by atoms with van der Waals surface area (Å²) in [5, 5.41) is 3.11. The highest BCUT2D eigenvalue weighted by Crippen LogP contribution is 2.18. The third-order valence-electron chi connectivity index (χ3n) is 5.46. The molecule has 0 fully saturated rings. The zero-order valence-corrected chi connectivity index (χ0v) is 21.4. The smallest absolute Gasteiger partial charge is 0.285 e. The number of benzene rings is 3. The van der Waals surface area contributed by atoms with E-state index in [4.69, 9.17) is 0 Å². The monoisotopic (exact) mass is 499 g/mol. The molecule has 0 saturated carbocycles. The summed E-state index contributed by atoms with van der Waals surface area (Å²) in [4.78, 5) is 10.9. The summed E-state index contributed by atoms with van der Waals surface area (Å²) in [7, 11) is -4.02. The molecule has 184 valence electrons. The van der Waals surface area contributed by atoms with Crippen molar-refractivity contribution in [2.24, 2.45) is 4.40 Å². The first kappa shape index (κ1) is 25.1. The molecule has 1 heterocycles. The number of rotatable bonds is 7. The molecule has 4 rings (SSSR count). The predicted molar refractivity (Wildman–Crippen MR) is 143 cm³/mol. The lowest BCUT2D eigenvalue weighted by Gasteiger charge is -2.26. The van der Waals surface area contributed by atoms with Gasteiger partial charge in [0.15, 0.2) is 0 Å². The van der Waals surface area contributed by atoms with Crippen molar-refractivity contribution in [2.75, 3.05) is 5.32 Å². The fraction of sp³-hybridized carbons (Fsp3) is 0.179. The first-order valence-electron chi connectivity index (χ1n) is 11.6. The van der Waals surface area contributed by atoms with Gasteiger partial charge < -0.3 is 4.90 Å². The van der Waals surface area contributed by atoms with E-state index in [0.29, 0.717) is 13.1 Å². The van der Waals surface area contributed by atoms with Crippen LogP contribution in [0.4, 0.5) is 5.95 Å². The minimum absolute atomic E-state index is 0.119. The van der Waals surface area contributed by atoms with Crippen molar-refractivity contribution in [2.45, 2.75) is 38.8 Å². The molecule has 0 spiro atoms. The van der Waals surface area contributed by atoms with Crippen LogP contribution in [0.5, 0.6) is 0 Å². The quantitative estimate of drug-likeness (QED) is 0.276. The van der Waals surface area contributed by atoms with E-state index in [1.165, 1.54) is 0 Å². The zero-order valence-electron chi connectivity index (χ0n) is 20.6. The molecule has 0 bridgehead atoms. The highest BCUT2D eigenvalue weighted by atomic mass is 32.2. The number of hydrogen-bond donors (Lipinski definition) is 1. The van der Waals surface area contributed by atoms with Crippen LogP contribution >= 0.6 is 0 Å². The fourth-order valence-corrected chi connectivity index (χ4v) is 4.71. The van der Waals surface area contributed by atoms with Crippen LogP contribution in [0.1, 0.15) is 28.1 Å². The minimum Gasteiger partial charge on any atom is -0.333 e. The van der Waals surface area contributed by atoms with Gasteiger partial charge in [-0.05, 0) is 50.1 Å². The second kappa shape index (κ2) is 11.1. The molecule has 1 aromatic heterocycles.